The van der Waals surface area contributed by atoms with Crippen LogP contribution in [-0.2, 0) is 14.4 Å². The Bertz CT molecular complexity index is 657. The van der Waals surface area contributed by atoms with E-state index in [9.17, 15) is 14.4 Å². The average Bonchev–Trinajstić information content (AvgIpc) is 3.04. The van der Waals surface area contributed by atoms with Gasteiger partial charge in [0.05, 0.1) is 39.1 Å². The van der Waals surface area contributed by atoms with Crippen molar-refractivity contribution in [3.05, 3.63) is 0 Å². The van der Waals surface area contributed by atoms with Crippen molar-refractivity contribution in [2.24, 2.45) is 0 Å². The topological polar surface area (TPSA) is 415 Å². The Labute approximate surface area is 244 Å². The summed E-state index contributed by atoms with van der Waals surface area (Å²) >= 11 is 0. The molecule has 0 aromatic carbocycles. The van der Waals surface area contributed by atoms with Crippen molar-refractivity contribution in [1.29, 1.82) is 0 Å². The molecule has 21 nitrogen and oxygen atoms in total. The summed E-state index contributed by atoms with van der Waals surface area (Å²) in [5.74, 6) is -1.00. The van der Waals surface area contributed by atoms with Crippen LogP contribution >= 0.6 is 0 Å². The second-order valence-corrected chi connectivity index (χ2v) is 8.38. The van der Waals surface area contributed by atoms with E-state index in [2.05, 4.69) is 0 Å². The van der Waals surface area contributed by atoms with Gasteiger partial charge < -0.3 is 102 Å². The lowest BCUT2D eigenvalue weighted by Crippen LogP contribution is -2.46. The number of rotatable bonds is 18. The van der Waals surface area contributed by atoms with E-state index < -0.39 is 119 Å². The number of aldehydes is 2. The van der Waals surface area contributed by atoms with Crippen LogP contribution in [0.1, 0.15) is 6.42 Å². The van der Waals surface area contributed by atoms with Gasteiger partial charge in [-0.25, -0.2) is 0 Å². The van der Waals surface area contributed by atoms with Crippen molar-refractivity contribution in [1.82, 2.24) is 0 Å². The van der Waals surface area contributed by atoms with Crippen molar-refractivity contribution in [3.63, 3.8) is 0 Å². The van der Waals surface area contributed by atoms with Gasteiger partial charge >= 0.3 is 0 Å². The van der Waals surface area contributed by atoms with E-state index >= 15 is 0 Å². The van der Waals surface area contributed by atoms with Crippen LogP contribution in [-0.4, -0.2) is 223 Å². The molecule has 0 bridgehead atoms. The van der Waals surface area contributed by atoms with Gasteiger partial charge in [-0.15, -0.1) is 0 Å². The number of Topliss-reactive ketones (excluding diaryl/α,β-unsaturated/α-hetero) is 1. The van der Waals surface area contributed by atoms with Crippen molar-refractivity contribution < 1.29 is 106 Å². The van der Waals surface area contributed by atoms with E-state index in [-0.39, 0.29) is 12.7 Å². The summed E-state index contributed by atoms with van der Waals surface area (Å²) in [6, 6.07) is 0. The molecular formula is C22H46O21. The Morgan fingerprint density at radius 2 is 0.791 bits per heavy atom. The van der Waals surface area contributed by atoms with Crippen LogP contribution in [0.15, 0.2) is 0 Å². The maximum atomic E-state index is 10.5. The Morgan fingerprint density at radius 1 is 0.465 bits per heavy atom. The van der Waals surface area contributed by atoms with Crippen LogP contribution in [0.5, 0.6) is 0 Å². The number of carbonyl (C=O) groups is 3. The Kier molecular flexibility index (Phi) is 32.5. The number of ketones is 1. The van der Waals surface area contributed by atoms with E-state index in [0.717, 1.165) is 0 Å². The number of hydrogen-bond donors (Lipinski definition) is 18. The SMILES string of the molecule is O=C(CO)C(O)C(O)C(O)CO.O=CC(O)C(O)C(O)CO.O=CCC(O)C(O)CO.OCC(O)C(O)C(O)C(O)CO. The molecule has 0 spiro atoms. The standard InChI is InChI=1S/C6H14O6.C6H12O6.C5H10O5.C5H10O4/c2*7-1-3(9)5(11)6(12)4(10)2-8;6-1-3(8)5(10)4(9)2-7;6-2-1-4(8)5(9)3-7/h3-12H,1-2H2;3,5-9,11-12H,1-2H2;1,3-5,7-10H,2H2;2,4-5,7-9H,1,3H2. The Hall–Kier alpha value is -1.71. The van der Waals surface area contributed by atoms with Crippen LogP contribution in [0.3, 0.4) is 0 Å². The van der Waals surface area contributed by atoms with Crippen LogP contribution in [0.4, 0.5) is 0 Å². The number of hydrogen-bond acceptors (Lipinski definition) is 21. The van der Waals surface area contributed by atoms with Crippen molar-refractivity contribution >= 4 is 18.4 Å². The molecule has 0 aliphatic rings. The maximum Gasteiger partial charge on any atom is 0.189 e. The molecule has 0 amide bonds. The first kappa shape index (κ1) is 48.2. The molecule has 0 saturated carbocycles. The predicted octanol–water partition coefficient (Wildman–Crippen LogP) is -11.4. The summed E-state index contributed by atoms with van der Waals surface area (Å²) < 4.78 is 0. The minimum Gasteiger partial charge on any atom is -0.394 e. The van der Waals surface area contributed by atoms with Gasteiger partial charge in [0.2, 0.25) is 0 Å². The van der Waals surface area contributed by atoms with Gasteiger partial charge in [0.15, 0.2) is 12.1 Å². The van der Waals surface area contributed by atoms with E-state index in [1.165, 1.54) is 0 Å². The third kappa shape index (κ3) is 22.5. The zero-order valence-electron chi connectivity index (χ0n) is 22.8. The summed E-state index contributed by atoms with van der Waals surface area (Å²) in [4.78, 5) is 30.0. The minimum atomic E-state index is -1.86. The molecule has 0 aromatic rings. The molecule has 0 aliphatic carbocycles. The zero-order valence-corrected chi connectivity index (χ0v) is 22.8. The van der Waals surface area contributed by atoms with Crippen molar-refractivity contribution in [3.8, 4) is 0 Å². The fourth-order valence-electron chi connectivity index (χ4n) is 2.07. The first-order chi connectivity index (χ1) is 19.9. The molecule has 18 N–H and O–H groups in total. The van der Waals surface area contributed by atoms with Crippen molar-refractivity contribution in [2.45, 2.75) is 79.7 Å². The summed E-state index contributed by atoms with van der Waals surface area (Å²) in [6.07, 6.45) is -18.2. The molecule has 260 valence electrons. The van der Waals surface area contributed by atoms with Gasteiger partial charge in [-0.1, -0.05) is 0 Å². The fraction of sp³-hybridized carbons (Fsp3) is 0.864. The summed E-state index contributed by atoms with van der Waals surface area (Å²) in [7, 11) is 0. The highest BCUT2D eigenvalue weighted by molar-refractivity contribution is 5.84. The first-order valence-electron chi connectivity index (χ1n) is 12.2. The van der Waals surface area contributed by atoms with Crippen LogP contribution in [0.25, 0.3) is 0 Å². The van der Waals surface area contributed by atoms with Crippen LogP contribution < -0.4 is 0 Å². The molecule has 21 heteroatoms. The molecule has 0 aromatic heterocycles. The van der Waals surface area contributed by atoms with E-state index in [4.69, 9.17) is 91.9 Å². The molecule has 0 fully saturated rings. The molecule has 0 heterocycles. The quantitative estimate of drug-likeness (QED) is 0.0614. The zero-order chi connectivity index (χ0) is 34.9. The third-order valence-corrected chi connectivity index (χ3v) is 4.94. The molecule has 0 rings (SSSR count). The van der Waals surface area contributed by atoms with E-state index in [1.54, 1.807) is 0 Å². The number of aliphatic hydroxyl groups is 18. The van der Waals surface area contributed by atoms with E-state index in [1.807, 2.05) is 0 Å². The second-order valence-electron chi connectivity index (χ2n) is 8.38. The molecule has 0 radical (unpaired) electrons. The summed E-state index contributed by atoms with van der Waals surface area (Å²) in [6.45, 7) is -4.35. The normalized spacial score (nSPS) is 19.2. The molecule has 0 saturated heterocycles. The molecule has 43 heavy (non-hydrogen) atoms. The minimum absolute atomic E-state index is 0.0869. The number of aliphatic hydroxyl groups excluding tert-OH is 18. The number of carbonyl (C=O) groups excluding carboxylic acids is 3. The lowest BCUT2D eigenvalue weighted by Gasteiger charge is -2.24. The van der Waals surface area contributed by atoms with Gasteiger partial charge in [-0.05, 0) is 0 Å². The monoisotopic (exact) mass is 646 g/mol. The Morgan fingerprint density at radius 3 is 1.07 bits per heavy atom. The highest BCUT2D eigenvalue weighted by atomic mass is 16.4. The Balaban J connectivity index is -0.000000237. The largest absolute Gasteiger partial charge is 0.394 e. The lowest BCUT2D eigenvalue weighted by molar-refractivity contribution is -0.142. The predicted molar refractivity (Wildman–Crippen MR) is 136 cm³/mol. The van der Waals surface area contributed by atoms with Gasteiger partial charge in [0.25, 0.3) is 0 Å². The molecule has 12 atom stereocenters. The van der Waals surface area contributed by atoms with E-state index in [0.29, 0.717) is 6.29 Å². The second kappa shape index (κ2) is 29.0. The molecule has 12 unspecified atom stereocenters. The summed E-state index contributed by atoms with van der Waals surface area (Å²) in [5, 5.41) is 155. The van der Waals surface area contributed by atoms with Crippen LogP contribution in [0.2, 0.25) is 0 Å². The lowest BCUT2D eigenvalue weighted by atomic mass is 10.0. The molecule has 0 aliphatic heterocycles. The highest BCUT2D eigenvalue weighted by Gasteiger charge is 2.30. The fourth-order valence-corrected chi connectivity index (χ4v) is 2.07. The third-order valence-electron chi connectivity index (χ3n) is 4.94. The average molecular weight is 647 g/mol. The van der Waals surface area contributed by atoms with Gasteiger partial charge in [-0.2, -0.15) is 0 Å². The van der Waals surface area contributed by atoms with Gasteiger partial charge in [0.1, 0.15) is 80.0 Å². The highest BCUT2D eigenvalue weighted by Crippen LogP contribution is 2.04. The van der Waals surface area contributed by atoms with Crippen molar-refractivity contribution in [2.75, 3.05) is 39.6 Å². The van der Waals surface area contributed by atoms with Gasteiger partial charge in [-0.3, -0.25) is 4.79 Å². The van der Waals surface area contributed by atoms with Crippen LogP contribution in [0, 0.1) is 0 Å². The van der Waals surface area contributed by atoms with Gasteiger partial charge in [0, 0.05) is 6.42 Å². The first-order valence-corrected chi connectivity index (χ1v) is 12.2. The maximum absolute atomic E-state index is 10.5. The molecular weight excluding hydrogens is 600 g/mol. The summed E-state index contributed by atoms with van der Waals surface area (Å²) in [5.41, 5.74) is 0. The smallest absolute Gasteiger partial charge is 0.189 e.